The molecule has 0 saturated carbocycles. The number of halogens is 1. The Morgan fingerprint density at radius 2 is 2.14 bits per heavy atom. The van der Waals surface area contributed by atoms with Crippen molar-refractivity contribution in [3.8, 4) is 0 Å². The van der Waals surface area contributed by atoms with Crippen LogP contribution in [0.4, 0.5) is 0 Å². The minimum absolute atomic E-state index is 0.0915. The summed E-state index contributed by atoms with van der Waals surface area (Å²) in [7, 11) is 0. The Balaban J connectivity index is 1.79. The molecular formula is C16H13ClN4O. The first kappa shape index (κ1) is 13.4. The van der Waals surface area contributed by atoms with Gasteiger partial charge < -0.3 is 0 Å². The number of fused-ring (bicyclic) bond motifs is 2. The van der Waals surface area contributed by atoms with Crippen LogP contribution < -0.4 is 0 Å². The molecule has 0 radical (unpaired) electrons. The fourth-order valence-corrected chi connectivity index (χ4v) is 3.18. The van der Waals surface area contributed by atoms with Gasteiger partial charge in [0.2, 0.25) is 0 Å². The maximum atomic E-state index is 12.5. The minimum Gasteiger partial charge on any atom is -0.294 e. The average Bonchev–Trinajstić information content (AvgIpc) is 2.84. The summed E-state index contributed by atoms with van der Waals surface area (Å²) in [4.78, 5) is 21.3. The topological polar surface area (TPSA) is 60.1 Å². The minimum atomic E-state index is 0.0915. The Labute approximate surface area is 132 Å². The van der Waals surface area contributed by atoms with Crippen LogP contribution in [0.15, 0.2) is 30.5 Å². The first-order chi connectivity index (χ1) is 10.6. The lowest BCUT2D eigenvalue weighted by molar-refractivity contribution is 0.0962. The number of Topliss-reactive ketones (excluding diaryl/α,β-unsaturated/α-hetero) is 1. The van der Waals surface area contributed by atoms with Gasteiger partial charge in [-0.15, -0.1) is 0 Å². The number of carbonyl (C=O) groups is 1. The van der Waals surface area contributed by atoms with Crippen LogP contribution in [0.1, 0.15) is 39.8 Å². The largest absolute Gasteiger partial charge is 0.294 e. The van der Waals surface area contributed by atoms with Crippen LogP contribution in [0, 0.1) is 6.92 Å². The van der Waals surface area contributed by atoms with Crippen LogP contribution in [0.5, 0.6) is 0 Å². The van der Waals surface area contributed by atoms with E-state index in [9.17, 15) is 4.79 Å². The van der Waals surface area contributed by atoms with Crippen LogP contribution in [-0.2, 0) is 6.42 Å². The smallest absolute Gasteiger partial charge is 0.252 e. The SMILES string of the molecule is Cc1nc2nc3c(cn2n1)C(=O)C[C@@H](c1cccc(Cl)c1)C3. The molecule has 0 N–H and O–H groups in total. The maximum absolute atomic E-state index is 12.5. The highest BCUT2D eigenvalue weighted by atomic mass is 35.5. The third-order valence-corrected chi connectivity index (χ3v) is 4.24. The van der Waals surface area contributed by atoms with Gasteiger partial charge in [-0.2, -0.15) is 10.1 Å². The molecule has 1 aliphatic rings. The zero-order valence-electron chi connectivity index (χ0n) is 12.0. The molecule has 0 saturated heterocycles. The molecule has 4 rings (SSSR count). The summed E-state index contributed by atoms with van der Waals surface area (Å²) in [6.45, 7) is 1.81. The van der Waals surface area contributed by atoms with Crippen LogP contribution in [0.3, 0.4) is 0 Å². The lowest BCUT2D eigenvalue weighted by atomic mass is 9.82. The van der Waals surface area contributed by atoms with E-state index in [0.29, 0.717) is 35.0 Å². The standard InChI is InChI=1S/C16H13ClN4O/c1-9-18-16-19-14-6-11(10-3-2-4-12(17)5-10)7-15(22)13(14)8-21(16)20-9/h2-5,8,11H,6-7H2,1H3/t11-/m0/s1. The fourth-order valence-electron chi connectivity index (χ4n) is 2.98. The van der Waals surface area contributed by atoms with Crippen molar-refractivity contribution in [2.24, 2.45) is 0 Å². The highest BCUT2D eigenvalue weighted by molar-refractivity contribution is 6.30. The van der Waals surface area contributed by atoms with Crippen LogP contribution in [0.2, 0.25) is 5.02 Å². The Morgan fingerprint density at radius 3 is 2.95 bits per heavy atom. The average molecular weight is 313 g/mol. The molecule has 1 atom stereocenters. The number of nitrogens with zero attached hydrogens (tertiary/aromatic N) is 4. The first-order valence-corrected chi connectivity index (χ1v) is 7.49. The number of hydrogen-bond acceptors (Lipinski definition) is 4. The molecular weight excluding hydrogens is 300 g/mol. The predicted octanol–water partition coefficient (Wildman–Crippen LogP) is 3.00. The van der Waals surface area contributed by atoms with E-state index < -0.39 is 0 Å². The van der Waals surface area contributed by atoms with Gasteiger partial charge >= 0.3 is 0 Å². The Bertz CT molecular complexity index is 902. The molecule has 1 aliphatic carbocycles. The molecule has 6 heteroatoms. The van der Waals surface area contributed by atoms with E-state index in [-0.39, 0.29) is 11.7 Å². The Hall–Kier alpha value is -2.27. The predicted molar refractivity (Wildman–Crippen MR) is 82.4 cm³/mol. The van der Waals surface area contributed by atoms with Crippen LogP contribution in [-0.4, -0.2) is 25.4 Å². The Kier molecular flexibility index (Phi) is 2.97. The summed E-state index contributed by atoms with van der Waals surface area (Å²) in [5, 5.41) is 4.91. The molecule has 0 unspecified atom stereocenters. The maximum Gasteiger partial charge on any atom is 0.252 e. The van der Waals surface area contributed by atoms with Crippen molar-refractivity contribution < 1.29 is 4.79 Å². The monoisotopic (exact) mass is 312 g/mol. The number of rotatable bonds is 1. The number of ketones is 1. The number of hydrogen-bond donors (Lipinski definition) is 0. The van der Waals surface area contributed by atoms with Gasteiger partial charge in [0.05, 0.1) is 11.3 Å². The van der Waals surface area contributed by atoms with Gasteiger partial charge in [-0.1, -0.05) is 23.7 Å². The molecule has 5 nitrogen and oxygen atoms in total. The quantitative estimate of drug-likeness (QED) is 0.693. The molecule has 110 valence electrons. The van der Waals surface area contributed by atoms with Gasteiger partial charge in [0.15, 0.2) is 5.78 Å². The lowest BCUT2D eigenvalue weighted by Gasteiger charge is -2.23. The lowest BCUT2D eigenvalue weighted by Crippen LogP contribution is -2.21. The van der Waals surface area contributed by atoms with Crippen molar-refractivity contribution in [1.29, 1.82) is 0 Å². The number of benzene rings is 1. The fraction of sp³-hybridized carbons (Fsp3) is 0.250. The molecule has 22 heavy (non-hydrogen) atoms. The molecule has 0 amide bonds. The normalized spacial score (nSPS) is 17.7. The summed E-state index contributed by atoms with van der Waals surface area (Å²) in [6.07, 6.45) is 2.92. The summed E-state index contributed by atoms with van der Waals surface area (Å²) in [6, 6.07) is 7.68. The third kappa shape index (κ3) is 2.18. The van der Waals surface area contributed by atoms with E-state index in [0.717, 1.165) is 11.3 Å². The van der Waals surface area contributed by atoms with E-state index in [2.05, 4.69) is 15.1 Å². The summed E-state index contributed by atoms with van der Waals surface area (Å²) in [5.41, 5.74) is 2.52. The third-order valence-electron chi connectivity index (χ3n) is 4.01. The van der Waals surface area contributed by atoms with Crippen molar-refractivity contribution in [3.63, 3.8) is 0 Å². The van der Waals surface area contributed by atoms with E-state index in [1.54, 1.807) is 10.7 Å². The molecule has 0 fully saturated rings. The van der Waals surface area contributed by atoms with Crippen LogP contribution in [0.25, 0.3) is 5.78 Å². The van der Waals surface area contributed by atoms with Crippen molar-refractivity contribution in [1.82, 2.24) is 19.6 Å². The highest BCUT2D eigenvalue weighted by Gasteiger charge is 2.28. The van der Waals surface area contributed by atoms with E-state index in [4.69, 9.17) is 11.6 Å². The summed E-state index contributed by atoms with van der Waals surface area (Å²) in [5.74, 6) is 1.39. The van der Waals surface area contributed by atoms with Gasteiger partial charge in [-0.3, -0.25) is 4.79 Å². The molecule has 0 spiro atoms. The number of aromatic nitrogens is 4. The first-order valence-electron chi connectivity index (χ1n) is 7.12. The van der Waals surface area contributed by atoms with Crippen molar-refractivity contribution in [2.45, 2.75) is 25.7 Å². The highest BCUT2D eigenvalue weighted by Crippen LogP contribution is 2.32. The van der Waals surface area contributed by atoms with Gasteiger partial charge in [-0.25, -0.2) is 9.50 Å². The van der Waals surface area contributed by atoms with Crippen molar-refractivity contribution >= 4 is 23.2 Å². The second kappa shape index (κ2) is 4.88. The van der Waals surface area contributed by atoms with E-state index >= 15 is 0 Å². The molecule has 2 aromatic heterocycles. The van der Waals surface area contributed by atoms with Crippen molar-refractivity contribution in [2.75, 3.05) is 0 Å². The molecule has 0 aliphatic heterocycles. The zero-order valence-corrected chi connectivity index (χ0v) is 12.7. The molecule has 1 aromatic carbocycles. The zero-order chi connectivity index (χ0) is 15.3. The number of carbonyl (C=O) groups excluding carboxylic acids is 1. The molecule has 3 aromatic rings. The molecule has 0 bridgehead atoms. The van der Waals surface area contributed by atoms with Gasteiger partial charge in [0.25, 0.3) is 5.78 Å². The second-order valence-electron chi connectivity index (χ2n) is 5.59. The molecule has 2 heterocycles. The van der Waals surface area contributed by atoms with E-state index in [1.807, 2.05) is 31.2 Å². The van der Waals surface area contributed by atoms with Gasteiger partial charge in [0, 0.05) is 17.6 Å². The Morgan fingerprint density at radius 1 is 1.27 bits per heavy atom. The van der Waals surface area contributed by atoms with E-state index in [1.165, 1.54) is 0 Å². The second-order valence-corrected chi connectivity index (χ2v) is 6.02. The van der Waals surface area contributed by atoms with Crippen molar-refractivity contribution in [3.05, 3.63) is 58.1 Å². The number of aryl methyl sites for hydroxylation is 1. The van der Waals surface area contributed by atoms with Gasteiger partial charge in [0.1, 0.15) is 5.82 Å². The summed E-state index contributed by atoms with van der Waals surface area (Å²) >= 11 is 6.06. The van der Waals surface area contributed by atoms with Gasteiger partial charge in [-0.05, 0) is 37.0 Å². The summed E-state index contributed by atoms with van der Waals surface area (Å²) < 4.78 is 1.58. The van der Waals surface area contributed by atoms with Crippen LogP contribution >= 0.6 is 11.6 Å².